The predicted molar refractivity (Wildman–Crippen MR) is 92.3 cm³/mol. The highest BCUT2D eigenvalue weighted by Crippen LogP contribution is 2.39. The van der Waals surface area contributed by atoms with Crippen molar-refractivity contribution in [3.8, 4) is 0 Å². The third-order valence-corrected chi connectivity index (χ3v) is 6.79. The Balaban J connectivity index is 1.84. The smallest absolute Gasteiger partial charge is 0.0738 e. The van der Waals surface area contributed by atoms with Crippen LogP contribution in [0.4, 0.5) is 0 Å². The Morgan fingerprint density at radius 2 is 1.65 bits per heavy atom. The lowest BCUT2D eigenvalue weighted by atomic mass is 9.98. The predicted octanol–water partition coefficient (Wildman–Crippen LogP) is 6.23. The number of benzene rings is 1. The third kappa shape index (κ3) is 2.87. The lowest BCUT2D eigenvalue weighted by molar-refractivity contribution is 0.697. The van der Waals surface area contributed by atoms with E-state index in [2.05, 4.69) is 60.1 Å². The summed E-state index contributed by atoms with van der Waals surface area (Å²) in [6.07, 6.45) is 5.28. The van der Waals surface area contributed by atoms with Crippen molar-refractivity contribution in [2.45, 2.75) is 50.3 Å². The van der Waals surface area contributed by atoms with Crippen LogP contribution in [0.2, 0.25) is 0 Å². The minimum atomic E-state index is 0.347. The van der Waals surface area contributed by atoms with E-state index in [1.165, 1.54) is 41.7 Å². The van der Waals surface area contributed by atoms with Crippen LogP contribution in [0.1, 0.15) is 63.9 Å². The Bertz CT molecular complexity index is 556. The summed E-state index contributed by atoms with van der Waals surface area (Å²) in [6, 6.07) is 11.5. The van der Waals surface area contributed by atoms with Gasteiger partial charge >= 0.3 is 0 Å². The molecule has 0 fully saturated rings. The summed E-state index contributed by atoms with van der Waals surface area (Å²) in [6.45, 7) is 4.49. The Hall–Kier alpha value is -0.600. The molecule has 0 aliphatic heterocycles. The zero-order valence-electron chi connectivity index (χ0n) is 12.2. The molecule has 0 bridgehead atoms. The standard InChI is InChI=1S/C18H21BrS/c1-12(2)13-7-9-14(10-8-13)18(19)17-11-15-5-3-4-6-16(15)20-17/h7-12,18H,3-6H2,1-2H3. The quantitative estimate of drug-likeness (QED) is 0.576. The van der Waals surface area contributed by atoms with Crippen molar-refractivity contribution in [3.05, 3.63) is 56.8 Å². The summed E-state index contributed by atoms with van der Waals surface area (Å²) in [7, 11) is 0. The van der Waals surface area contributed by atoms with Gasteiger partial charge in [0.2, 0.25) is 0 Å². The zero-order valence-corrected chi connectivity index (χ0v) is 14.6. The maximum atomic E-state index is 3.89. The molecule has 1 atom stereocenters. The first-order valence-electron chi connectivity index (χ1n) is 7.50. The number of fused-ring (bicyclic) bond motifs is 1. The number of halogens is 1. The highest BCUT2D eigenvalue weighted by molar-refractivity contribution is 9.09. The second-order valence-corrected chi connectivity index (χ2v) is 8.07. The van der Waals surface area contributed by atoms with Gasteiger partial charge in [0.05, 0.1) is 4.83 Å². The van der Waals surface area contributed by atoms with Crippen LogP contribution in [-0.4, -0.2) is 0 Å². The fraction of sp³-hybridized carbons (Fsp3) is 0.444. The maximum absolute atomic E-state index is 3.89. The molecule has 0 N–H and O–H groups in total. The first kappa shape index (κ1) is 14.3. The molecule has 1 aromatic heterocycles. The fourth-order valence-electron chi connectivity index (χ4n) is 2.85. The molecule has 0 saturated carbocycles. The molecule has 0 saturated heterocycles. The van der Waals surface area contributed by atoms with Crippen molar-refractivity contribution >= 4 is 27.3 Å². The number of hydrogen-bond acceptors (Lipinski definition) is 1. The van der Waals surface area contributed by atoms with Crippen LogP contribution in [-0.2, 0) is 12.8 Å². The van der Waals surface area contributed by atoms with Crippen LogP contribution in [0.3, 0.4) is 0 Å². The van der Waals surface area contributed by atoms with Crippen molar-refractivity contribution in [2.75, 3.05) is 0 Å². The molecule has 1 heterocycles. The summed E-state index contributed by atoms with van der Waals surface area (Å²) in [4.78, 5) is 3.43. The van der Waals surface area contributed by atoms with Crippen LogP contribution >= 0.6 is 27.3 Å². The van der Waals surface area contributed by atoms with E-state index in [-0.39, 0.29) is 0 Å². The van der Waals surface area contributed by atoms with Gasteiger partial charge in [-0.3, -0.25) is 0 Å². The summed E-state index contributed by atoms with van der Waals surface area (Å²) < 4.78 is 0. The molecule has 106 valence electrons. The molecule has 0 radical (unpaired) electrons. The molecule has 20 heavy (non-hydrogen) atoms. The fourth-order valence-corrected chi connectivity index (χ4v) is 4.83. The third-order valence-electron chi connectivity index (χ3n) is 4.16. The monoisotopic (exact) mass is 348 g/mol. The van der Waals surface area contributed by atoms with Gasteiger partial charge in [0.25, 0.3) is 0 Å². The minimum Gasteiger partial charge on any atom is -0.144 e. The molecular weight excluding hydrogens is 328 g/mol. The molecule has 2 heteroatoms. The summed E-state index contributed by atoms with van der Waals surface area (Å²) in [5, 5.41) is 0. The number of rotatable bonds is 3. The SMILES string of the molecule is CC(C)c1ccc(C(Br)c2cc3c(s2)CCCC3)cc1. The highest BCUT2D eigenvalue weighted by atomic mass is 79.9. The second kappa shape index (κ2) is 6.03. The lowest BCUT2D eigenvalue weighted by Crippen LogP contribution is -1.96. The van der Waals surface area contributed by atoms with Gasteiger partial charge in [-0.15, -0.1) is 11.3 Å². The molecule has 1 aromatic carbocycles. The van der Waals surface area contributed by atoms with Gasteiger partial charge in [-0.2, -0.15) is 0 Å². The minimum absolute atomic E-state index is 0.347. The van der Waals surface area contributed by atoms with E-state index in [0.29, 0.717) is 10.7 Å². The average Bonchev–Trinajstić information content (AvgIpc) is 2.90. The van der Waals surface area contributed by atoms with Gasteiger partial charge in [0.15, 0.2) is 0 Å². The first-order valence-corrected chi connectivity index (χ1v) is 9.24. The van der Waals surface area contributed by atoms with Gasteiger partial charge in [0, 0.05) is 9.75 Å². The summed E-state index contributed by atoms with van der Waals surface area (Å²) in [5.41, 5.74) is 4.38. The van der Waals surface area contributed by atoms with Crippen molar-refractivity contribution in [1.82, 2.24) is 0 Å². The van der Waals surface area contributed by atoms with E-state index >= 15 is 0 Å². The average molecular weight is 349 g/mol. The van der Waals surface area contributed by atoms with Crippen molar-refractivity contribution in [2.24, 2.45) is 0 Å². The van der Waals surface area contributed by atoms with E-state index in [4.69, 9.17) is 0 Å². The van der Waals surface area contributed by atoms with Gasteiger partial charge in [0.1, 0.15) is 0 Å². The Morgan fingerprint density at radius 1 is 1.00 bits per heavy atom. The topological polar surface area (TPSA) is 0 Å². The lowest BCUT2D eigenvalue weighted by Gasteiger charge is -2.10. The van der Waals surface area contributed by atoms with Gasteiger partial charge < -0.3 is 0 Å². The number of alkyl halides is 1. The van der Waals surface area contributed by atoms with Crippen molar-refractivity contribution < 1.29 is 0 Å². The van der Waals surface area contributed by atoms with Gasteiger partial charge in [-0.1, -0.05) is 54.0 Å². The number of thiophene rings is 1. The molecule has 1 unspecified atom stereocenters. The van der Waals surface area contributed by atoms with Crippen LogP contribution in [0.25, 0.3) is 0 Å². The highest BCUT2D eigenvalue weighted by Gasteiger charge is 2.18. The first-order chi connectivity index (χ1) is 9.65. The molecular formula is C18H21BrS. The zero-order chi connectivity index (χ0) is 14.1. The van der Waals surface area contributed by atoms with Crippen molar-refractivity contribution in [3.63, 3.8) is 0 Å². The van der Waals surface area contributed by atoms with E-state index in [1.807, 2.05) is 11.3 Å². The van der Waals surface area contributed by atoms with Crippen LogP contribution in [0.15, 0.2) is 30.3 Å². The van der Waals surface area contributed by atoms with Crippen molar-refractivity contribution in [1.29, 1.82) is 0 Å². The largest absolute Gasteiger partial charge is 0.144 e. The van der Waals surface area contributed by atoms with Crippen LogP contribution in [0, 0.1) is 0 Å². The Labute approximate surface area is 134 Å². The summed E-state index contributed by atoms with van der Waals surface area (Å²) >= 11 is 5.89. The van der Waals surface area contributed by atoms with E-state index in [1.54, 1.807) is 10.4 Å². The molecule has 0 spiro atoms. The van der Waals surface area contributed by atoms with E-state index < -0.39 is 0 Å². The number of hydrogen-bond donors (Lipinski definition) is 0. The maximum Gasteiger partial charge on any atom is 0.0738 e. The van der Waals surface area contributed by atoms with Gasteiger partial charge in [-0.25, -0.2) is 0 Å². The molecule has 1 aliphatic carbocycles. The van der Waals surface area contributed by atoms with Crippen LogP contribution in [0.5, 0.6) is 0 Å². The molecule has 0 nitrogen and oxygen atoms in total. The normalized spacial score (nSPS) is 16.2. The molecule has 0 amide bonds. The summed E-state index contributed by atoms with van der Waals surface area (Å²) in [5.74, 6) is 0.604. The molecule has 1 aliphatic rings. The Morgan fingerprint density at radius 3 is 2.30 bits per heavy atom. The van der Waals surface area contributed by atoms with E-state index in [9.17, 15) is 0 Å². The van der Waals surface area contributed by atoms with Crippen LogP contribution < -0.4 is 0 Å². The second-order valence-electron chi connectivity index (χ2n) is 5.99. The van der Waals surface area contributed by atoms with E-state index in [0.717, 1.165) is 0 Å². The molecule has 3 rings (SSSR count). The molecule has 2 aromatic rings. The number of aryl methyl sites for hydroxylation is 2. The van der Waals surface area contributed by atoms with Gasteiger partial charge in [-0.05, 0) is 54.4 Å². The Kier molecular flexibility index (Phi) is 4.32.